The number of carbonyl (C=O) groups is 1. The molecule has 0 aliphatic rings. The minimum atomic E-state index is -0.724. The summed E-state index contributed by atoms with van der Waals surface area (Å²) in [6, 6.07) is 9.72. The van der Waals surface area contributed by atoms with Gasteiger partial charge in [-0.25, -0.2) is 8.78 Å². The molecule has 0 radical (unpaired) electrons. The van der Waals surface area contributed by atoms with Crippen LogP contribution in [0.4, 0.5) is 14.5 Å². The van der Waals surface area contributed by atoms with Crippen molar-refractivity contribution in [1.82, 2.24) is 10.2 Å². The number of thioether (sulfide) groups is 1. The van der Waals surface area contributed by atoms with E-state index in [9.17, 15) is 13.6 Å². The molecule has 1 amide bonds. The summed E-state index contributed by atoms with van der Waals surface area (Å²) in [5.41, 5.74) is 0.420. The van der Waals surface area contributed by atoms with Crippen LogP contribution in [-0.2, 0) is 4.79 Å². The van der Waals surface area contributed by atoms with Crippen molar-refractivity contribution in [2.75, 3.05) is 5.32 Å². The number of amides is 1. The largest absolute Gasteiger partial charge is 0.411 e. The van der Waals surface area contributed by atoms with Crippen LogP contribution in [-0.4, -0.2) is 21.4 Å². The third kappa shape index (κ3) is 4.39. The number of nitrogens with zero attached hydrogens (tertiary/aromatic N) is 2. The zero-order valence-electron chi connectivity index (χ0n) is 13.4. The molecule has 0 spiro atoms. The molecule has 134 valence electrons. The van der Waals surface area contributed by atoms with Crippen molar-refractivity contribution in [1.29, 1.82) is 0 Å². The lowest BCUT2D eigenvalue weighted by Gasteiger charge is -2.10. The van der Waals surface area contributed by atoms with Gasteiger partial charge in [0.05, 0.1) is 10.9 Å². The van der Waals surface area contributed by atoms with Crippen LogP contribution in [0.15, 0.2) is 52.1 Å². The second-order valence-corrected chi connectivity index (χ2v) is 6.99. The maximum absolute atomic E-state index is 13.6. The Morgan fingerprint density at radius 2 is 2.04 bits per heavy atom. The maximum Gasteiger partial charge on any atom is 0.277 e. The molecule has 0 bridgehead atoms. The molecule has 1 N–H and O–H groups in total. The van der Waals surface area contributed by atoms with E-state index in [4.69, 9.17) is 16.0 Å². The fourth-order valence-corrected chi connectivity index (χ4v) is 2.90. The fourth-order valence-electron chi connectivity index (χ4n) is 2.03. The molecular weight excluding hydrogens is 384 g/mol. The highest BCUT2D eigenvalue weighted by molar-refractivity contribution is 8.00. The van der Waals surface area contributed by atoms with Gasteiger partial charge in [0.25, 0.3) is 5.22 Å². The third-order valence-electron chi connectivity index (χ3n) is 3.31. The summed E-state index contributed by atoms with van der Waals surface area (Å²) >= 11 is 6.92. The normalized spacial score (nSPS) is 12.0. The van der Waals surface area contributed by atoms with Crippen molar-refractivity contribution in [3.05, 3.63) is 59.1 Å². The maximum atomic E-state index is 13.6. The standard InChI is InChI=1S/C17H12ClF2N3O2S/c1-9(15(24)21-14-8-12(19)5-6-13(14)20)26-17-23-22-16(25-17)10-3-2-4-11(18)7-10/h2-9H,1H3,(H,21,24)/t9-/m0/s1. The average molecular weight is 396 g/mol. The molecule has 3 rings (SSSR count). The highest BCUT2D eigenvalue weighted by Crippen LogP contribution is 2.28. The monoisotopic (exact) mass is 395 g/mol. The number of hydrogen-bond donors (Lipinski definition) is 1. The first-order valence-corrected chi connectivity index (χ1v) is 8.70. The lowest BCUT2D eigenvalue weighted by molar-refractivity contribution is -0.115. The molecule has 1 heterocycles. The van der Waals surface area contributed by atoms with Crippen molar-refractivity contribution in [2.45, 2.75) is 17.4 Å². The van der Waals surface area contributed by atoms with Gasteiger partial charge in [0.1, 0.15) is 11.6 Å². The van der Waals surface area contributed by atoms with Crippen molar-refractivity contribution in [3.63, 3.8) is 0 Å². The number of rotatable bonds is 5. The van der Waals surface area contributed by atoms with Crippen LogP contribution in [0.25, 0.3) is 11.5 Å². The van der Waals surface area contributed by atoms with Gasteiger partial charge in [-0.15, -0.1) is 10.2 Å². The van der Waals surface area contributed by atoms with E-state index in [1.165, 1.54) is 0 Å². The lowest BCUT2D eigenvalue weighted by atomic mass is 10.2. The number of hydrogen-bond acceptors (Lipinski definition) is 5. The molecule has 26 heavy (non-hydrogen) atoms. The molecule has 0 aliphatic heterocycles. The molecule has 0 unspecified atom stereocenters. The van der Waals surface area contributed by atoms with E-state index >= 15 is 0 Å². The first-order chi connectivity index (χ1) is 12.4. The Morgan fingerprint density at radius 3 is 2.81 bits per heavy atom. The van der Waals surface area contributed by atoms with Crippen LogP contribution >= 0.6 is 23.4 Å². The number of carbonyl (C=O) groups excluding carboxylic acids is 1. The van der Waals surface area contributed by atoms with Crippen molar-refractivity contribution in [3.8, 4) is 11.5 Å². The van der Waals surface area contributed by atoms with Crippen LogP contribution in [0.3, 0.4) is 0 Å². The summed E-state index contributed by atoms with van der Waals surface area (Å²) in [6.45, 7) is 1.58. The van der Waals surface area contributed by atoms with E-state index in [1.807, 2.05) is 0 Å². The molecule has 0 fully saturated rings. The Balaban J connectivity index is 1.67. The Kier molecular flexibility index (Phi) is 5.53. The van der Waals surface area contributed by atoms with Gasteiger partial charge in [-0.05, 0) is 37.3 Å². The fraction of sp³-hybridized carbons (Fsp3) is 0.118. The summed E-state index contributed by atoms with van der Waals surface area (Å²) < 4.78 is 32.3. The van der Waals surface area contributed by atoms with Crippen molar-refractivity contribution >= 4 is 35.0 Å². The average Bonchev–Trinajstić information content (AvgIpc) is 3.06. The van der Waals surface area contributed by atoms with Crippen LogP contribution in [0, 0.1) is 11.6 Å². The van der Waals surface area contributed by atoms with Crippen LogP contribution in [0.2, 0.25) is 5.02 Å². The van der Waals surface area contributed by atoms with Gasteiger partial charge < -0.3 is 9.73 Å². The summed E-state index contributed by atoms with van der Waals surface area (Å²) in [4.78, 5) is 12.2. The van der Waals surface area contributed by atoms with E-state index in [0.29, 0.717) is 10.6 Å². The Morgan fingerprint density at radius 1 is 1.23 bits per heavy atom. The number of anilines is 1. The number of nitrogens with one attached hydrogen (secondary N) is 1. The molecule has 0 saturated heterocycles. The quantitative estimate of drug-likeness (QED) is 0.629. The molecule has 0 saturated carbocycles. The molecule has 1 aromatic heterocycles. The van der Waals surface area contributed by atoms with Crippen LogP contribution < -0.4 is 5.32 Å². The van der Waals surface area contributed by atoms with E-state index < -0.39 is 22.8 Å². The summed E-state index contributed by atoms with van der Waals surface area (Å²) in [5.74, 6) is -1.64. The van der Waals surface area contributed by atoms with Gasteiger partial charge in [0.15, 0.2) is 0 Å². The van der Waals surface area contributed by atoms with E-state index in [0.717, 1.165) is 30.0 Å². The summed E-state index contributed by atoms with van der Waals surface area (Å²) in [7, 11) is 0. The number of benzene rings is 2. The van der Waals surface area contributed by atoms with Crippen LogP contribution in [0.5, 0.6) is 0 Å². The van der Waals surface area contributed by atoms with E-state index in [2.05, 4.69) is 15.5 Å². The Bertz CT molecular complexity index is 951. The third-order valence-corrected chi connectivity index (χ3v) is 4.48. The van der Waals surface area contributed by atoms with Gasteiger partial charge in [-0.3, -0.25) is 4.79 Å². The van der Waals surface area contributed by atoms with Gasteiger partial charge in [0, 0.05) is 16.7 Å². The second kappa shape index (κ2) is 7.84. The summed E-state index contributed by atoms with van der Waals surface area (Å²) in [5, 5.41) is 10.1. The van der Waals surface area contributed by atoms with Gasteiger partial charge in [0.2, 0.25) is 11.8 Å². The predicted molar refractivity (Wildman–Crippen MR) is 95.1 cm³/mol. The van der Waals surface area contributed by atoms with E-state index in [-0.39, 0.29) is 16.8 Å². The molecular formula is C17H12ClF2N3O2S. The SMILES string of the molecule is C[C@H](Sc1nnc(-c2cccc(Cl)c2)o1)C(=O)Nc1cc(F)ccc1F. The van der Waals surface area contributed by atoms with Crippen molar-refractivity contribution < 1.29 is 18.0 Å². The second-order valence-electron chi connectivity index (χ2n) is 5.26. The lowest BCUT2D eigenvalue weighted by Crippen LogP contribution is -2.23. The Labute approximate surface area is 156 Å². The zero-order chi connectivity index (χ0) is 18.7. The molecule has 3 aromatic rings. The highest BCUT2D eigenvalue weighted by Gasteiger charge is 2.20. The Hall–Kier alpha value is -2.45. The molecule has 5 nitrogen and oxygen atoms in total. The number of halogens is 3. The smallest absolute Gasteiger partial charge is 0.277 e. The minimum Gasteiger partial charge on any atom is -0.411 e. The van der Waals surface area contributed by atoms with E-state index in [1.54, 1.807) is 31.2 Å². The number of aromatic nitrogens is 2. The first kappa shape index (κ1) is 18.3. The zero-order valence-corrected chi connectivity index (χ0v) is 14.9. The molecule has 1 atom stereocenters. The predicted octanol–water partition coefficient (Wildman–Crippen LogP) is 4.79. The topological polar surface area (TPSA) is 68.0 Å². The summed E-state index contributed by atoms with van der Waals surface area (Å²) in [6.07, 6.45) is 0. The molecule has 2 aromatic carbocycles. The minimum absolute atomic E-state index is 0.169. The molecule has 0 aliphatic carbocycles. The van der Waals surface area contributed by atoms with Crippen molar-refractivity contribution in [2.24, 2.45) is 0 Å². The highest BCUT2D eigenvalue weighted by atomic mass is 35.5. The first-order valence-electron chi connectivity index (χ1n) is 7.44. The molecule has 9 heteroatoms. The van der Waals surface area contributed by atoms with Gasteiger partial charge in [-0.1, -0.05) is 29.4 Å². The van der Waals surface area contributed by atoms with Gasteiger partial charge >= 0.3 is 0 Å². The van der Waals surface area contributed by atoms with Gasteiger partial charge in [-0.2, -0.15) is 0 Å². The van der Waals surface area contributed by atoms with Crippen LogP contribution in [0.1, 0.15) is 6.92 Å².